The summed E-state index contributed by atoms with van der Waals surface area (Å²) in [6.07, 6.45) is 2.89. The molecule has 2 amide bonds. The number of pyridine rings is 1. The molecule has 9 nitrogen and oxygen atoms in total. The van der Waals surface area contributed by atoms with E-state index in [1.54, 1.807) is 85.8 Å². The number of nitrogens with zero attached hydrogens (tertiary/aromatic N) is 3. The van der Waals surface area contributed by atoms with Gasteiger partial charge in [0.25, 0.3) is 21.8 Å². The smallest absolute Gasteiger partial charge is 0.264 e. The lowest BCUT2D eigenvalue weighted by Gasteiger charge is -2.23. The molecule has 0 saturated carbocycles. The van der Waals surface area contributed by atoms with Crippen molar-refractivity contribution in [1.29, 1.82) is 0 Å². The maximum Gasteiger partial charge on any atom is 0.264 e. The zero-order chi connectivity index (χ0) is 27.0. The Hall–Kier alpha value is -4.83. The molecule has 0 spiro atoms. The van der Waals surface area contributed by atoms with Crippen molar-refractivity contribution < 1.29 is 18.0 Å². The van der Waals surface area contributed by atoms with Gasteiger partial charge in [0.15, 0.2) is 0 Å². The highest BCUT2D eigenvalue weighted by molar-refractivity contribution is 7.92. The zero-order valence-corrected chi connectivity index (χ0v) is 21.3. The van der Waals surface area contributed by atoms with Gasteiger partial charge >= 0.3 is 0 Å². The van der Waals surface area contributed by atoms with E-state index < -0.39 is 22.5 Å². The van der Waals surface area contributed by atoms with Crippen molar-refractivity contribution in [2.45, 2.75) is 11.8 Å². The number of anilines is 2. The summed E-state index contributed by atoms with van der Waals surface area (Å²) in [4.78, 5) is 29.1. The molecular formula is C28H25N5O4S. The van der Waals surface area contributed by atoms with Gasteiger partial charge in [0, 0.05) is 17.4 Å². The molecule has 0 unspecified atom stereocenters. The first-order valence-corrected chi connectivity index (χ1v) is 13.1. The fraction of sp³-hybridized carbons (Fsp3) is 0.0714. The molecule has 10 heteroatoms. The van der Waals surface area contributed by atoms with E-state index in [1.165, 1.54) is 24.5 Å². The Kier molecular flexibility index (Phi) is 8.24. The lowest BCUT2D eigenvalue weighted by atomic mass is 10.1. The highest BCUT2D eigenvalue weighted by Crippen LogP contribution is 2.22. The third kappa shape index (κ3) is 6.48. The predicted octanol–water partition coefficient (Wildman–Crippen LogP) is 4.07. The Morgan fingerprint density at radius 3 is 2.13 bits per heavy atom. The Bertz CT molecular complexity index is 1530. The number of sulfonamides is 1. The number of aromatic nitrogens is 1. The standard InChI is InChI=1S/C28H25N5O4S/c1-21(22-14-16-24(17-15-22)30-28(35)23-9-4-2-5-10-23)31-32-27(34)20-33(25-11-8-18-29-19-25)38(36,37)26-12-6-3-7-13-26/h2-19H,20H2,1H3,(H,30,35)(H,32,34)/b31-21-. The van der Waals surface area contributed by atoms with Crippen LogP contribution in [0.1, 0.15) is 22.8 Å². The van der Waals surface area contributed by atoms with Crippen LogP contribution in [-0.4, -0.2) is 37.5 Å². The van der Waals surface area contributed by atoms with Crippen LogP contribution in [0.15, 0.2) is 119 Å². The molecule has 0 bridgehead atoms. The zero-order valence-electron chi connectivity index (χ0n) is 20.5. The number of carbonyl (C=O) groups is 2. The molecule has 0 aliphatic heterocycles. The first-order chi connectivity index (χ1) is 18.3. The van der Waals surface area contributed by atoms with Crippen LogP contribution in [0.25, 0.3) is 0 Å². The topological polar surface area (TPSA) is 121 Å². The second-order valence-corrected chi connectivity index (χ2v) is 10.0. The van der Waals surface area contributed by atoms with Gasteiger partial charge in [0.05, 0.1) is 22.5 Å². The van der Waals surface area contributed by atoms with E-state index in [0.717, 1.165) is 4.31 Å². The van der Waals surface area contributed by atoms with Crippen molar-refractivity contribution >= 4 is 38.9 Å². The van der Waals surface area contributed by atoms with Gasteiger partial charge < -0.3 is 5.32 Å². The summed E-state index contributed by atoms with van der Waals surface area (Å²) >= 11 is 0. The average Bonchev–Trinajstić information content (AvgIpc) is 2.96. The number of benzene rings is 3. The van der Waals surface area contributed by atoms with Gasteiger partial charge in [-0.1, -0.05) is 48.5 Å². The van der Waals surface area contributed by atoms with E-state index in [2.05, 4.69) is 20.8 Å². The highest BCUT2D eigenvalue weighted by atomic mass is 32.2. The molecule has 1 heterocycles. The van der Waals surface area contributed by atoms with Crippen LogP contribution in [0.3, 0.4) is 0 Å². The first-order valence-electron chi connectivity index (χ1n) is 11.6. The van der Waals surface area contributed by atoms with Crippen molar-refractivity contribution in [3.8, 4) is 0 Å². The third-order valence-corrected chi connectivity index (χ3v) is 7.29. The summed E-state index contributed by atoms with van der Waals surface area (Å²) in [5, 5.41) is 6.95. The summed E-state index contributed by atoms with van der Waals surface area (Å²) in [6.45, 7) is 1.21. The Morgan fingerprint density at radius 1 is 0.842 bits per heavy atom. The van der Waals surface area contributed by atoms with E-state index in [0.29, 0.717) is 22.5 Å². The molecule has 0 saturated heterocycles. The van der Waals surface area contributed by atoms with Gasteiger partial charge in [-0.15, -0.1) is 0 Å². The van der Waals surface area contributed by atoms with Crippen LogP contribution in [0.4, 0.5) is 11.4 Å². The lowest BCUT2D eigenvalue weighted by Crippen LogP contribution is -2.39. The van der Waals surface area contributed by atoms with Crippen molar-refractivity contribution in [2.24, 2.45) is 5.10 Å². The van der Waals surface area contributed by atoms with E-state index in [9.17, 15) is 18.0 Å². The molecule has 38 heavy (non-hydrogen) atoms. The van der Waals surface area contributed by atoms with Crippen molar-refractivity contribution in [2.75, 3.05) is 16.2 Å². The Morgan fingerprint density at radius 2 is 1.50 bits per heavy atom. The van der Waals surface area contributed by atoms with Gasteiger partial charge in [0.2, 0.25) is 0 Å². The second kappa shape index (κ2) is 11.9. The summed E-state index contributed by atoms with van der Waals surface area (Å²) in [5.41, 5.74) is 5.04. The fourth-order valence-corrected chi connectivity index (χ4v) is 4.93. The largest absolute Gasteiger partial charge is 0.322 e. The minimum atomic E-state index is -4.03. The molecule has 4 rings (SSSR count). The number of carbonyl (C=O) groups excluding carboxylic acids is 2. The number of amides is 2. The van der Waals surface area contributed by atoms with Crippen molar-refractivity contribution in [1.82, 2.24) is 10.4 Å². The minimum absolute atomic E-state index is 0.0516. The normalized spacial score (nSPS) is 11.4. The molecule has 0 atom stereocenters. The summed E-state index contributed by atoms with van der Waals surface area (Å²) < 4.78 is 27.5. The van der Waals surface area contributed by atoms with Gasteiger partial charge in [-0.05, 0) is 61.0 Å². The molecule has 3 aromatic carbocycles. The van der Waals surface area contributed by atoms with Crippen molar-refractivity contribution in [3.05, 3.63) is 121 Å². The maximum atomic E-state index is 13.3. The number of hydrogen-bond acceptors (Lipinski definition) is 6. The molecule has 0 radical (unpaired) electrons. The second-order valence-electron chi connectivity index (χ2n) is 8.17. The van der Waals surface area contributed by atoms with E-state index >= 15 is 0 Å². The van der Waals surface area contributed by atoms with Crippen LogP contribution in [-0.2, 0) is 14.8 Å². The number of hydrazone groups is 1. The molecule has 4 aromatic rings. The van der Waals surface area contributed by atoms with Crippen molar-refractivity contribution in [3.63, 3.8) is 0 Å². The lowest BCUT2D eigenvalue weighted by molar-refractivity contribution is -0.119. The predicted molar refractivity (Wildman–Crippen MR) is 146 cm³/mol. The van der Waals surface area contributed by atoms with Crippen LogP contribution in [0.5, 0.6) is 0 Å². The molecule has 2 N–H and O–H groups in total. The third-order valence-electron chi connectivity index (χ3n) is 5.50. The quantitative estimate of drug-likeness (QED) is 0.251. The fourth-order valence-electron chi connectivity index (χ4n) is 3.50. The molecule has 0 aliphatic rings. The molecule has 0 fully saturated rings. The monoisotopic (exact) mass is 527 g/mol. The number of hydrogen-bond donors (Lipinski definition) is 2. The van der Waals surface area contributed by atoms with Crippen LogP contribution < -0.4 is 15.0 Å². The molecule has 1 aromatic heterocycles. The summed E-state index contributed by atoms with van der Waals surface area (Å²) in [5.74, 6) is -0.848. The summed E-state index contributed by atoms with van der Waals surface area (Å²) in [7, 11) is -4.03. The molecular weight excluding hydrogens is 502 g/mol. The SMILES string of the molecule is C/C(=N/NC(=O)CN(c1cccnc1)S(=O)(=O)c1ccccc1)c1ccc(NC(=O)c2ccccc2)cc1. The van der Waals surface area contributed by atoms with Gasteiger partial charge in [-0.2, -0.15) is 5.10 Å². The summed E-state index contributed by atoms with van der Waals surface area (Å²) in [6, 6.07) is 26.9. The molecule has 0 aliphatic carbocycles. The van der Waals surface area contributed by atoms with Gasteiger partial charge in [-0.25, -0.2) is 13.8 Å². The number of rotatable bonds is 9. The average molecular weight is 528 g/mol. The van der Waals surface area contributed by atoms with Gasteiger partial charge in [0.1, 0.15) is 6.54 Å². The Balaban J connectivity index is 1.44. The van der Waals surface area contributed by atoms with Crippen LogP contribution >= 0.6 is 0 Å². The Labute approximate surface area is 220 Å². The first kappa shape index (κ1) is 26.2. The van der Waals surface area contributed by atoms with Crippen LogP contribution in [0, 0.1) is 0 Å². The highest BCUT2D eigenvalue weighted by Gasteiger charge is 2.27. The van der Waals surface area contributed by atoms with E-state index in [4.69, 9.17) is 0 Å². The van der Waals surface area contributed by atoms with Gasteiger partial charge in [-0.3, -0.25) is 18.9 Å². The number of nitrogens with one attached hydrogen (secondary N) is 2. The van der Waals surface area contributed by atoms with Crippen LogP contribution in [0.2, 0.25) is 0 Å². The van der Waals surface area contributed by atoms with E-state index in [1.807, 2.05) is 6.07 Å². The van der Waals surface area contributed by atoms with E-state index in [-0.39, 0.29) is 16.5 Å². The maximum absolute atomic E-state index is 13.3. The minimum Gasteiger partial charge on any atom is -0.322 e. The molecule has 192 valence electrons.